The van der Waals surface area contributed by atoms with Crippen molar-refractivity contribution in [2.45, 2.75) is 19.3 Å². The quantitative estimate of drug-likeness (QED) is 0.493. The van der Waals surface area contributed by atoms with Gasteiger partial charge in [0.15, 0.2) is 0 Å². The zero-order chi connectivity index (χ0) is 8.65. The van der Waals surface area contributed by atoms with Gasteiger partial charge in [0.25, 0.3) is 0 Å². The molecule has 0 radical (unpaired) electrons. The maximum atomic E-state index is 5.22. The van der Waals surface area contributed by atoms with E-state index >= 15 is 0 Å². The van der Waals surface area contributed by atoms with Crippen LogP contribution in [-0.2, 0) is 6.42 Å². The van der Waals surface area contributed by atoms with E-state index < -0.39 is 0 Å². The molecule has 62 valence electrons. The fourth-order valence-corrected chi connectivity index (χ4v) is 1.17. The Morgan fingerprint density at radius 2 is 1.92 bits per heavy atom. The predicted octanol–water partition coefficient (Wildman–Crippen LogP) is 3.21. The molecule has 0 atom stereocenters. The van der Waals surface area contributed by atoms with Gasteiger partial charge < -0.3 is 0 Å². The number of aryl methyl sites for hydroxylation is 1. The first-order valence-electron chi connectivity index (χ1n) is 4.06. The van der Waals surface area contributed by atoms with Gasteiger partial charge in [0.2, 0.25) is 0 Å². The van der Waals surface area contributed by atoms with Crippen molar-refractivity contribution < 1.29 is 0 Å². The Labute approximate surface area is 78.6 Å². The fraction of sp³-hybridized carbons (Fsp3) is 0.273. The average molecular weight is 179 g/mol. The molecule has 0 nitrogen and oxygen atoms in total. The van der Waals surface area contributed by atoms with Crippen molar-refractivity contribution in [3.05, 3.63) is 35.9 Å². The zero-order valence-electron chi connectivity index (χ0n) is 6.89. The number of halogens is 1. The molecule has 0 bridgehead atoms. The second kappa shape index (κ2) is 5.69. The molecular formula is C11H11Cl. The topological polar surface area (TPSA) is 0 Å². The lowest BCUT2D eigenvalue weighted by atomic mass is 10.1. The zero-order valence-corrected chi connectivity index (χ0v) is 7.64. The van der Waals surface area contributed by atoms with Crippen LogP contribution in [-0.4, -0.2) is 0 Å². The highest BCUT2D eigenvalue weighted by Gasteiger charge is 1.88. The van der Waals surface area contributed by atoms with Crippen molar-refractivity contribution in [3.8, 4) is 11.3 Å². The fourth-order valence-electron chi connectivity index (χ4n) is 1.07. The van der Waals surface area contributed by atoms with E-state index in [1.165, 1.54) is 5.56 Å². The monoisotopic (exact) mass is 178 g/mol. The van der Waals surface area contributed by atoms with Crippen LogP contribution in [0, 0.1) is 11.3 Å². The van der Waals surface area contributed by atoms with Crippen LogP contribution in [0.3, 0.4) is 0 Å². The number of unbranched alkanes of at least 4 members (excludes halogenated alkanes) is 1. The van der Waals surface area contributed by atoms with Crippen molar-refractivity contribution in [3.63, 3.8) is 0 Å². The number of benzene rings is 1. The van der Waals surface area contributed by atoms with Gasteiger partial charge in [-0.05, 0) is 30.0 Å². The van der Waals surface area contributed by atoms with Crippen molar-refractivity contribution in [2.24, 2.45) is 0 Å². The van der Waals surface area contributed by atoms with Gasteiger partial charge in [-0.2, -0.15) is 0 Å². The van der Waals surface area contributed by atoms with Crippen molar-refractivity contribution >= 4 is 11.6 Å². The molecule has 0 saturated heterocycles. The van der Waals surface area contributed by atoms with Crippen LogP contribution in [0.4, 0.5) is 0 Å². The highest BCUT2D eigenvalue weighted by atomic mass is 35.5. The van der Waals surface area contributed by atoms with Gasteiger partial charge in [-0.1, -0.05) is 36.3 Å². The Morgan fingerprint density at radius 3 is 2.58 bits per heavy atom. The van der Waals surface area contributed by atoms with E-state index in [2.05, 4.69) is 35.6 Å². The molecule has 0 aliphatic heterocycles. The first-order valence-corrected chi connectivity index (χ1v) is 4.43. The van der Waals surface area contributed by atoms with E-state index in [0.717, 1.165) is 19.3 Å². The minimum atomic E-state index is 0.887. The highest BCUT2D eigenvalue weighted by Crippen LogP contribution is 2.03. The maximum absolute atomic E-state index is 5.22. The average Bonchev–Trinajstić information content (AvgIpc) is 2.14. The Hall–Kier alpha value is -0.930. The third-order valence-electron chi connectivity index (χ3n) is 1.68. The summed E-state index contributed by atoms with van der Waals surface area (Å²) in [6.07, 6.45) is 3.06. The Kier molecular flexibility index (Phi) is 4.34. The second-order valence-electron chi connectivity index (χ2n) is 2.61. The molecule has 0 fully saturated rings. The third-order valence-corrected chi connectivity index (χ3v) is 1.81. The molecule has 1 heteroatoms. The van der Waals surface area contributed by atoms with Crippen LogP contribution in [0.2, 0.25) is 0 Å². The second-order valence-corrected chi connectivity index (χ2v) is 2.80. The van der Waals surface area contributed by atoms with E-state index in [9.17, 15) is 0 Å². The Balaban J connectivity index is 2.27. The standard InChI is InChI=1S/C11H11Cl/c12-10-6-2-5-9-11-7-3-1-4-8-11/h1,3-4,7-8H,2,5,9H2. The Bertz CT molecular complexity index is 266. The first kappa shape index (κ1) is 9.16. The SMILES string of the molecule is ClC#CCCCc1ccccc1. The molecule has 0 heterocycles. The van der Waals surface area contributed by atoms with Crippen LogP contribution < -0.4 is 0 Å². The van der Waals surface area contributed by atoms with Crippen LogP contribution in [0.5, 0.6) is 0 Å². The lowest BCUT2D eigenvalue weighted by molar-refractivity contribution is 0.858. The van der Waals surface area contributed by atoms with Gasteiger partial charge in [0.05, 0.1) is 0 Å². The number of rotatable bonds is 3. The third kappa shape index (κ3) is 3.46. The van der Waals surface area contributed by atoms with Gasteiger partial charge in [-0.25, -0.2) is 0 Å². The van der Waals surface area contributed by atoms with Crippen molar-refractivity contribution in [1.82, 2.24) is 0 Å². The van der Waals surface area contributed by atoms with E-state index in [-0.39, 0.29) is 0 Å². The molecule has 1 aromatic rings. The molecule has 0 unspecified atom stereocenters. The van der Waals surface area contributed by atoms with E-state index in [0.29, 0.717) is 0 Å². The van der Waals surface area contributed by atoms with Crippen LogP contribution >= 0.6 is 11.6 Å². The van der Waals surface area contributed by atoms with Crippen molar-refractivity contribution in [1.29, 1.82) is 0 Å². The summed E-state index contributed by atoms with van der Waals surface area (Å²) < 4.78 is 0. The summed E-state index contributed by atoms with van der Waals surface area (Å²) in [5.41, 5.74) is 1.37. The number of hydrogen-bond donors (Lipinski definition) is 0. The van der Waals surface area contributed by atoms with Gasteiger partial charge in [-0.15, -0.1) is 0 Å². The molecule has 12 heavy (non-hydrogen) atoms. The van der Waals surface area contributed by atoms with Crippen molar-refractivity contribution in [2.75, 3.05) is 0 Å². The molecule has 0 aliphatic carbocycles. The smallest absolute Gasteiger partial charge is 0.0104 e. The van der Waals surface area contributed by atoms with Gasteiger partial charge in [-0.3, -0.25) is 0 Å². The van der Waals surface area contributed by atoms with E-state index in [1.54, 1.807) is 0 Å². The summed E-state index contributed by atoms with van der Waals surface area (Å²) >= 11 is 5.22. The highest BCUT2D eigenvalue weighted by molar-refractivity contribution is 6.30. The van der Waals surface area contributed by atoms with Gasteiger partial charge in [0.1, 0.15) is 0 Å². The predicted molar refractivity (Wildman–Crippen MR) is 53.0 cm³/mol. The summed E-state index contributed by atoms with van der Waals surface area (Å²) in [4.78, 5) is 0. The lowest BCUT2D eigenvalue weighted by Crippen LogP contribution is -1.82. The Morgan fingerprint density at radius 1 is 1.17 bits per heavy atom. The largest absolute Gasteiger partial charge is 0.0858 e. The summed E-state index contributed by atoms with van der Waals surface area (Å²) in [6, 6.07) is 10.4. The number of hydrogen-bond acceptors (Lipinski definition) is 0. The normalized spacial score (nSPS) is 8.75. The lowest BCUT2D eigenvalue weighted by Gasteiger charge is -1.96. The molecule has 1 aromatic carbocycles. The van der Waals surface area contributed by atoms with Crippen LogP contribution in [0.15, 0.2) is 30.3 Å². The first-order chi connectivity index (χ1) is 5.93. The summed E-state index contributed by atoms with van der Waals surface area (Å²) in [7, 11) is 0. The molecule has 0 N–H and O–H groups in total. The maximum Gasteiger partial charge on any atom is 0.0104 e. The minimum absolute atomic E-state index is 0.887. The molecular weight excluding hydrogens is 168 g/mol. The van der Waals surface area contributed by atoms with Gasteiger partial charge in [0, 0.05) is 11.8 Å². The van der Waals surface area contributed by atoms with E-state index in [4.69, 9.17) is 11.6 Å². The molecule has 0 spiro atoms. The van der Waals surface area contributed by atoms with Crippen LogP contribution in [0.1, 0.15) is 18.4 Å². The summed E-state index contributed by atoms with van der Waals surface area (Å²) in [6.45, 7) is 0. The van der Waals surface area contributed by atoms with Crippen LogP contribution in [0.25, 0.3) is 0 Å². The molecule has 0 aromatic heterocycles. The van der Waals surface area contributed by atoms with Gasteiger partial charge >= 0.3 is 0 Å². The molecule has 0 amide bonds. The summed E-state index contributed by atoms with van der Waals surface area (Å²) in [5.74, 6) is 2.83. The molecule has 0 saturated carbocycles. The molecule has 1 rings (SSSR count). The summed E-state index contributed by atoms with van der Waals surface area (Å²) in [5, 5.41) is 2.38. The molecule has 0 aliphatic rings. The minimum Gasteiger partial charge on any atom is -0.0858 e. The van der Waals surface area contributed by atoms with E-state index in [1.807, 2.05) is 6.07 Å².